The Bertz CT molecular complexity index is 805. The van der Waals surface area contributed by atoms with E-state index in [0.29, 0.717) is 12.0 Å². The Morgan fingerprint density at radius 2 is 1.88 bits per heavy atom. The minimum absolute atomic E-state index is 0.0631. The van der Waals surface area contributed by atoms with Crippen LogP contribution in [0.1, 0.15) is 28.4 Å². The van der Waals surface area contributed by atoms with Crippen LogP contribution in [0.3, 0.4) is 0 Å². The van der Waals surface area contributed by atoms with Crippen LogP contribution in [0.2, 0.25) is 0 Å². The number of aryl methyl sites for hydroxylation is 1. The quantitative estimate of drug-likeness (QED) is 0.558. The summed E-state index contributed by atoms with van der Waals surface area (Å²) in [7, 11) is 0. The van der Waals surface area contributed by atoms with Gasteiger partial charge in [-0.15, -0.1) is 0 Å². The number of carboxylic acids is 1. The first-order valence-electron chi connectivity index (χ1n) is 8.24. The number of nitrogens with one attached hydrogen (secondary N) is 1. The van der Waals surface area contributed by atoms with Gasteiger partial charge in [-0.1, -0.05) is 43.3 Å². The van der Waals surface area contributed by atoms with Gasteiger partial charge in [-0.3, -0.25) is 19.7 Å². The molecule has 7 heteroatoms. The Morgan fingerprint density at radius 1 is 1.19 bits per heavy atom. The molecular formula is C19H20N2O5. The lowest BCUT2D eigenvalue weighted by molar-refractivity contribution is -0.385. The molecule has 0 aliphatic carbocycles. The van der Waals surface area contributed by atoms with E-state index >= 15 is 0 Å². The predicted molar refractivity (Wildman–Crippen MR) is 96.1 cm³/mol. The zero-order valence-electron chi connectivity index (χ0n) is 14.3. The van der Waals surface area contributed by atoms with Crippen molar-refractivity contribution in [3.05, 3.63) is 75.3 Å². The van der Waals surface area contributed by atoms with Gasteiger partial charge < -0.3 is 10.4 Å². The third-order valence-corrected chi connectivity index (χ3v) is 4.11. The Morgan fingerprint density at radius 3 is 2.46 bits per heavy atom. The van der Waals surface area contributed by atoms with Gasteiger partial charge in [0.1, 0.15) is 0 Å². The zero-order valence-corrected chi connectivity index (χ0v) is 14.3. The minimum atomic E-state index is -1.01. The van der Waals surface area contributed by atoms with Crippen LogP contribution in [0.4, 0.5) is 5.69 Å². The first kappa shape index (κ1) is 19.1. The molecule has 0 saturated carbocycles. The number of carbonyl (C=O) groups excluding carboxylic acids is 1. The van der Waals surface area contributed by atoms with Crippen LogP contribution in [0.5, 0.6) is 0 Å². The van der Waals surface area contributed by atoms with Gasteiger partial charge in [0.2, 0.25) is 0 Å². The number of aliphatic carboxylic acids is 1. The average Bonchev–Trinajstić information content (AvgIpc) is 2.64. The monoisotopic (exact) mass is 356 g/mol. The molecule has 0 saturated heterocycles. The molecular weight excluding hydrogens is 336 g/mol. The highest BCUT2D eigenvalue weighted by atomic mass is 16.6. The summed E-state index contributed by atoms with van der Waals surface area (Å²) in [5, 5.41) is 23.0. The summed E-state index contributed by atoms with van der Waals surface area (Å²) in [4.78, 5) is 34.3. The molecule has 26 heavy (non-hydrogen) atoms. The third kappa shape index (κ3) is 4.89. The van der Waals surface area contributed by atoms with E-state index in [1.165, 1.54) is 12.1 Å². The Labute approximate surface area is 150 Å². The number of nitro groups is 1. The normalized spacial score (nSPS) is 11.6. The van der Waals surface area contributed by atoms with Crippen LogP contribution >= 0.6 is 0 Å². The number of carboxylic acid groups (broad SMARTS) is 1. The van der Waals surface area contributed by atoms with E-state index in [9.17, 15) is 24.8 Å². The lowest BCUT2D eigenvalue weighted by atomic mass is 9.99. The van der Waals surface area contributed by atoms with Crippen LogP contribution in [-0.4, -0.2) is 28.5 Å². The molecule has 7 nitrogen and oxygen atoms in total. The Balaban J connectivity index is 2.07. The lowest BCUT2D eigenvalue weighted by Gasteiger charge is -2.14. The van der Waals surface area contributed by atoms with E-state index in [1.807, 2.05) is 30.3 Å². The smallest absolute Gasteiger partial charge is 0.308 e. The number of rotatable bonds is 8. The summed E-state index contributed by atoms with van der Waals surface area (Å²) in [5.74, 6) is -2.33. The third-order valence-electron chi connectivity index (χ3n) is 4.11. The van der Waals surface area contributed by atoms with Crippen molar-refractivity contribution in [2.75, 3.05) is 6.54 Å². The number of hydrogen-bond acceptors (Lipinski definition) is 4. The van der Waals surface area contributed by atoms with Gasteiger partial charge in [0, 0.05) is 23.7 Å². The second-order valence-electron chi connectivity index (χ2n) is 5.89. The molecule has 1 unspecified atom stereocenters. The molecule has 2 aromatic rings. The molecule has 2 N–H and O–H groups in total. The molecule has 136 valence electrons. The maximum absolute atomic E-state index is 12.3. The summed E-state index contributed by atoms with van der Waals surface area (Å²) in [6, 6.07) is 13.4. The molecule has 2 aromatic carbocycles. The largest absolute Gasteiger partial charge is 0.481 e. The van der Waals surface area contributed by atoms with Crippen LogP contribution in [0, 0.1) is 16.0 Å². The summed E-state index contributed by atoms with van der Waals surface area (Å²) >= 11 is 0. The fourth-order valence-corrected chi connectivity index (χ4v) is 2.64. The van der Waals surface area contributed by atoms with Crippen molar-refractivity contribution in [1.29, 1.82) is 0 Å². The van der Waals surface area contributed by atoms with Crippen molar-refractivity contribution in [3.8, 4) is 0 Å². The van der Waals surface area contributed by atoms with Gasteiger partial charge in [0.15, 0.2) is 0 Å². The molecule has 0 heterocycles. The highest BCUT2D eigenvalue weighted by Gasteiger charge is 2.21. The number of hydrogen-bond donors (Lipinski definition) is 2. The van der Waals surface area contributed by atoms with E-state index in [0.717, 1.165) is 5.56 Å². The van der Waals surface area contributed by atoms with Gasteiger partial charge in [0.25, 0.3) is 11.6 Å². The second-order valence-corrected chi connectivity index (χ2v) is 5.89. The zero-order chi connectivity index (χ0) is 19.1. The first-order valence-corrected chi connectivity index (χ1v) is 8.24. The van der Waals surface area contributed by atoms with Gasteiger partial charge in [-0.05, 0) is 24.5 Å². The van der Waals surface area contributed by atoms with E-state index in [-0.39, 0.29) is 24.2 Å². The lowest BCUT2D eigenvalue weighted by Crippen LogP contribution is -2.34. The van der Waals surface area contributed by atoms with E-state index in [4.69, 9.17) is 0 Å². The Hall–Kier alpha value is -3.22. The van der Waals surface area contributed by atoms with Gasteiger partial charge in [-0.25, -0.2) is 0 Å². The fraction of sp³-hybridized carbons (Fsp3) is 0.263. The van der Waals surface area contributed by atoms with Gasteiger partial charge in [-0.2, -0.15) is 0 Å². The standard InChI is InChI=1S/C19H20N2O5/c1-2-14-8-9-15(11-17(14)21(25)26)18(22)20-12-16(19(23)24)10-13-6-4-3-5-7-13/h3-9,11,16H,2,10,12H2,1H3,(H,20,22)(H,23,24). The molecule has 0 fully saturated rings. The topological polar surface area (TPSA) is 110 Å². The van der Waals surface area contributed by atoms with Crippen molar-refractivity contribution in [3.63, 3.8) is 0 Å². The number of nitrogens with zero attached hydrogens (tertiary/aromatic N) is 1. The summed E-state index contributed by atoms with van der Waals surface area (Å²) < 4.78 is 0. The number of amides is 1. The van der Waals surface area contributed by atoms with Crippen molar-refractivity contribution in [2.24, 2.45) is 5.92 Å². The number of benzene rings is 2. The molecule has 0 aromatic heterocycles. The SMILES string of the molecule is CCc1ccc(C(=O)NCC(Cc2ccccc2)C(=O)O)cc1[N+](=O)[O-]. The fourth-order valence-electron chi connectivity index (χ4n) is 2.64. The molecule has 1 atom stereocenters. The highest BCUT2D eigenvalue weighted by molar-refractivity contribution is 5.95. The molecule has 0 aliphatic rings. The number of nitro benzene ring substituents is 1. The van der Waals surface area contributed by atoms with Crippen molar-refractivity contribution >= 4 is 17.6 Å². The second kappa shape index (κ2) is 8.75. The van der Waals surface area contributed by atoms with Crippen LogP contribution < -0.4 is 5.32 Å². The summed E-state index contributed by atoms with van der Waals surface area (Å²) in [6.07, 6.45) is 0.766. The van der Waals surface area contributed by atoms with E-state index in [2.05, 4.69) is 5.32 Å². The maximum atomic E-state index is 12.3. The summed E-state index contributed by atoms with van der Waals surface area (Å²) in [6.45, 7) is 1.73. The summed E-state index contributed by atoms with van der Waals surface area (Å²) in [5.41, 5.74) is 1.42. The molecule has 1 amide bonds. The first-order chi connectivity index (χ1) is 12.4. The molecule has 0 bridgehead atoms. The van der Waals surface area contributed by atoms with E-state index in [1.54, 1.807) is 13.0 Å². The van der Waals surface area contributed by atoms with Crippen molar-refractivity contribution in [2.45, 2.75) is 19.8 Å². The Kier molecular flexibility index (Phi) is 6.43. The number of carbonyl (C=O) groups is 2. The predicted octanol–water partition coefficient (Wildman–Crippen LogP) is 2.83. The average molecular weight is 356 g/mol. The van der Waals surface area contributed by atoms with Gasteiger partial charge >= 0.3 is 5.97 Å². The highest BCUT2D eigenvalue weighted by Crippen LogP contribution is 2.21. The maximum Gasteiger partial charge on any atom is 0.308 e. The van der Waals surface area contributed by atoms with Crippen molar-refractivity contribution in [1.82, 2.24) is 5.32 Å². The molecule has 0 aliphatic heterocycles. The van der Waals surface area contributed by atoms with Crippen LogP contribution in [0.15, 0.2) is 48.5 Å². The molecule has 0 radical (unpaired) electrons. The molecule has 2 rings (SSSR count). The molecule has 0 spiro atoms. The minimum Gasteiger partial charge on any atom is -0.481 e. The van der Waals surface area contributed by atoms with Crippen LogP contribution in [0.25, 0.3) is 0 Å². The van der Waals surface area contributed by atoms with E-state index < -0.39 is 22.7 Å². The van der Waals surface area contributed by atoms with Crippen LogP contribution in [-0.2, 0) is 17.6 Å². The van der Waals surface area contributed by atoms with Gasteiger partial charge in [0.05, 0.1) is 10.8 Å². The van der Waals surface area contributed by atoms with Crippen molar-refractivity contribution < 1.29 is 19.6 Å².